The van der Waals surface area contributed by atoms with Crippen LogP contribution in [-0.2, 0) is 18.8 Å². The Hall–Kier alpha value is -1.88. The summed E-state index contributed by atoms with van der Waals surface area (Å²) in [7, 11) is -0.350. The highest BCUT2D eigenvalue weighted by molar-refractivity contribution is 6.62. The van der Waals surface area contributed by atoms with Gasteiger partial charge in [-0.25, -0.2) is 9.36 Å². The molecule has 3 fully saturated rings. The normalized spacial score (nSPS) is 27.1. The van der Waals surface area contributed by atoms with Crippen molar-refractivity contribution < 1.29 is 23.9 Å². The minimum absolute atomic E-state index is 0.0275. The van der Waals surface area contributed by atoms with Crippen LogP contribution in [-0.4, -0.2) is 56.2 Å². The molecule has 32 heavy (non-hydrogen) atoms. The predicted molar refractivity (Wildman–Crippen MR) is 120 cm³/mol. The van der Waals surface area contributed by atoms with E-state index in [1.165, 1.54) is 19.0 Å². The lowest BCUT2D eigenvalue weighted by Gasteiger charge is -2.32. The van der Waals surface area contributed by atoms with Crippen LogP contribution in [0, 0.1) is 0 Å². The van der Waals surface area contributed by atoms with E-state index in [1.54, 1.807) is 10.9 Å². The summed E-state index contributed by atoms with van der Waals surface area (Å²) in [6.45, 7) is 9.84. The summed E-state index contributed by atoms with van der Waals surface area (Å²) in [6, 6.07) is 0. The van der Waals surface area contributed by atoms with Crippen LogP contribution < -0.4 is 5.46 Å². The molecular weight excluding hydrogens is 411 g/mol. The van der Waals surface area contributed by atoms with Crippen LogP contribution in [0.5, 0.6) is 5.75 Å². The molecule has 5 heterocycles. The molecule has 0 aromatic carbocycles. The summed E-state index contributed by atoms with van der Waals surface area (Å²) in [6.07, 6.45) is 13.5. The zero-order valence-corrected chi connectivity index (χ0v) is 19.6. The molecule has 3 aliphatic rings. The van der Waals surface area contributed by atoms with Gasteiger partial charge in [0.1, 0.15) is 12.5 Å². The van der Waals surface area contributed by atoms with Crippen molar-refractivity contribution in [2.45, 2.75) is 89.9 Å². The highest BCUT2D eigenvalue weighted by Crippen LogP contribution is 2.36. The van der Waals surface area contributed by atoms with Gasteiger partial charge in [-0.1, -0.05) is 0 Å². The van der Waals surface area contributed by atoms with Crippen molar-refractivity contribution in [1.82, 2.24) is 19.6 Å². The van der Waals surface area contributed by atoms with Crippen molar-refractivity contribution in [1.29, 1.82) is 0 Å². The van der Waals surface area contributed by atoms with Crippen molar-refractivity contribution >= 4 is 12.6 Å². The molecule has 0 aliphatic carbocycles. The SMILES string of the molecule is CC1(C)OB(c2cnn(C3CCCCO3)c2)OC1(C)C.Oc1cnn(C2CCCCO2)c1. The van der Waals surface area contributed by atoms with E-state index >= 15 is 0 Å². The topological polar surface area (TPSA) is 92.8 Å². The van der Waals surface area contributed by atoms with Gasteiger partial charge in [-0.05, 0) is 66.2 Å². The third kappa shape index (κ3) is 5.19. The Morgan fingerprint density at radius 2 is 1.38 bits per heavy atom. The molecule has 0 saturated carbocycles. The van der Waals surface area contributed by atoms with E-state index in [2.05, 4.69) is 37.9 Å². The number of aromatic nitrogens is 4. The standard InChI is InChI=1S/C14H23BN2O3.C8H12N2O2/c1-13(2)14(3,4)20-15(19-13)11-9-16-17(10-11)12-7-5-6-8-18-12;11-7-5-9-10(6-7)8-3-1-2-4-12-8/h9-10,12H,5-8H2,1-4H3;5-6,8,11H,1-4H2. The maximum atomic E-state index is 9.04. The molecule has 2 unspecified atom stereocenters. The van der Waals surface area contributed by atoms with E-state index in [0.717, 1.165) is 44.4 Å². The summed E-state index contributed by atoms with van der Waals surface area (Å²) in [5, 5.41) is 17.4. The van der Waals surface area contributed by atoms with Gasteiger partial charge in [0.25, 0.3) is 0 Å². The van der Waals surface area contributed by atoms with Crippen LogP contribution in [0.15, 0.2) is 24.8 Å². The summed E-state index contributed by atoms with van der Waals surface area (Å²) in [4.78, 5) is 0. The Bertz CT molecular complexity index is 855. The number of hydrogen-bond donors (Lipinski definition) is 1. The minimum Gasteiger partial charge on any atom is -0.505 e. The first-order valence-corrected chi connectivity index (χ1v) is 11.6. The first kappa shape index (κ1) is 23.3. The quantitative estimate of drug-likeness (QED) is 0.724. The fourth-order valence-corrected chi connectivity index (χ4v) is 3.96. The van der Waals surface area contributed by atoms with Crippen molar-refractivity contribution in [3.63, 3.8) is 0 Å². The van der Waals surface area contributed by atoms with Crippen molar-refractivity contribution in [3.8, 4) is 5.75 Å². The Morgan fingerprint density at radius 3 is 1.84 bits per heavy atom. The molecule has 3 saturated heterocycles. The molecule has 2 aromatic heterocycles. The smallest absolute Gasteiger partial charge is 0.498 e. The predicted octanol–water partition coefficient (Wildman–Crippen LogP) is 3.17. The van der Waals surface area contributed by atoms with E-state index in [9.17, 15) is 0 Å². The van der Waals surface area contributed by atoms with Crippen molar-refractivity contribution in [3.05, 3.63) is 24.8 Å². The summed E-state index contributed by atoms with van der Waals surface area (Å²) in [5.41, 5.74) is 0.320. The fourth-order valence-electron chi connectivity index (χ4n) is 3.96. The second kappa shape index (κ2) is 9.55. The monoisotopic (exact) mass is 446 g/mol. The number of rotatable bonds is 3. The summed E-state index contributed by atoms with van der Waals surface area (Å²) >= 11 is 0. The third-order valence-electron chi connectivity index (χ3n) is 6.64. The summed E-state index contributed by atoms with van der Waals surface area (Å²) < 4.78 is 26.8. The van der Waals surface area contributed by atoms with Gasteiger partial charge in [-0.15, -0.1) is 0 Å². The Kier molecular flexibility index (Phi) is 6.95. The van der Waals surface area contributed by atoms with Gasteiger partial charge in [-0.2, -0.15) is 10.2 Å². The Morgan fingerprint density at radius 1 is 0.844 bits per heavy atom. The molecule has 10 heteroatoms. The van der Waals surface area contributed by atoms with Crippen LogP contribution in [0.25, 0.3) is 0 Å². The van der Waals surface area contributed by atoms with Gasteiger partial charge in [0.2, 0.25) is 0 Å². The molecule has 176 valence electrons. The molecule has 0 bridgehead atoms. The highest BCUT2D eigenvalue weighted by Gasteiger charge is 2.52. The third-order valence-corrected chi connectivity index (χ3v) is 6.64. The molecule has 2 aromatic rings. The average Bonchev–Trinajstić information content (AvgIpc) is 3.48. The van der Waals surface area contributed by atoms with Crippen molar-refractivity contribution in [2.75, 3.05) is 13.2 Å². The van der Waals surface area contributed by atoms with Crippen LogP contribution in [0.2, 0.25) is 0 Å². The maximum Gasteiger partial charge on any atom is 0.498 e. The van der Waals surface area contributed by atoms with Gasteiger partial charge in [-0.3, -0.25) is 0 Å². The fraction of sp³-hybridized carbons (Fsp3) is 0.727. The lowest BCUT2D eigenvalue weighted by molar-refractivity contribution is -0.0396. The van der Waals surface area contributed by atoms with Gasteiger partial charge in [0.05, 0.1) is 23.6 Å². The Labute approximate surface area is 190 Å². The molecule has 0 radical (unpaired) electrons. The number of aromatic hydroxyl groups is 1. The zero-order valence-electron chi connectivity index (χ0n) is 19.6. The molecular formula is C22H35BN4O5. The van der Waals surface area contributed by atoms with Gasteiger partial charge in [0.15, 0.2) is 5.75 Å². The van der Waals surface area contributed by atoms with E-state index < -0.39 is 0 Å². The second-order valence-electron chi connectivity index (χ2n) is 9.66. The molecule has 2 atom stereocenters. The number of nitrogens with zero attached hydrogens (tertiary/aromatic N) is 4. The van der Waals surface area contributed by atoms with E-state index in [0.29, 0.717) is 0 Å². The maximum absolute atomic E-state index is 9.04. The largest absolute Gasteiger partial charge is 0.505 e. The molecule has 1 N–H and O–H groups in total. The van der Waals surface area contributed by atoms with Crippen LogP contribution in [0.3, 0.4) is 0 Å². The molecule has 9 nitrogen and oxygen atoms in total. The lowest BCUT2D eigenvalue weighted by Crippen LogP contribution is -2.41. The van der Waals surface area contributed by atoms with Gasteiger partial charge in [0, 0.05) is 31.1 Å². The average molecular weight is 446 g/mol. The first-order chi connectivity index (χ1) is 15.2. The number of hydrogen-bond acceptors (Lipinski definition) is 7. The van der Waals surface area contributed by atoms with E-state index in [4.69, 9.17) is 23.9 Å². The van der Waals surface area contributed by atoms with E-state index in [1.807, 2.05) is 17.1 Å². The van der Waals surface area contributed by atoms with Gasteiger partial charge >= 0.3 is 7.12 Å². The Balaban J connectivity index is 0.000000174. The van der Waals surface area contributed by atoms with Crippen LogP contribution in [0.1, 0.15) is 78.7 Å². The van der Waals surface area contributed by atoms with E-state index in [-0.39, 0.29) is 36.5 Å². The minimum atomic E-state index is -0.350. The van der Waals surface area contributed by atoms with Gasteiger partial charge < -0.3 is 23.9 Å². The first-order valence-electron chi connectivity index (χ1n) is 11.6. The molecule has 5 rings (SSSR count). The molecule has 0 amide bonds. The second-order valence-corrected chi connectivity index (χ2v) is 9.66. The van der Waals surface area contributed by atoms with Crippen LogP contribution >= 0.6 is 0 Å². The molecule has 0 spiro atoms. The molecule has 3 aliphatic heterocycles. The lowest BCUT2D eigenvalue weighted by atomic mass is 9.82. The number of ether oxygens (including phenoxy) is 2. The summed E-state index contributed by atoms with van der Waals surface area (Å²) in [5.74, 6) is 0.198. The van der Waals surface area contributed by atoms with Crippen LogP contribution in [0.4, 0.5) is 0 Å². The highest BCUT2D eigenvalue weighted by atomic mass is 16.7. The zero-order chi connectivity index (χ0) is 22.8. The van der Waals surface area contributed by atoms with Crippen molar-refractivity contribution in [2.24, 2.45) is 0 Å².